The van der Waals surface area contributed by atoms with E-state index in [9.17, 15) is 14.4 Å². The summed E-state index contributed by atoms with van der Waals surface area (Å²) in [7, 11) is 2.63. The van der Waals surface area contributed by atoms with E-state index in [1.165, 1.54) is 14.2 Å². The van der Waals surface area contributed by atoms with Crippen LogP contribution in [-0.2, 0) is 25.5 Å². The van der Waals surface area contributed by atoms with Crippen LogP contribution < -0.4 is 25.7 Å². The second kappa shape index (κ2) is 12.6. The maximum atomic E-state index is 14.0. The molecule has 6 rings (SSSR count). The summed E-state index contributed by atoms with van der Waals surface area (Å²) in [5.74, 6) is -3.01. The van der Waals surface area contributed by atoms with E-state index in [1.807, 2.05) is 45.1 Å². The number of carbonyl (C=O) groups excluding carboxylic acids is 3. The van der Waals surface area contributed by atoms with Gasteiger partial charge in [-0.3, -0.25) is 14.4 Å². The van der Waals surface area contributed by atoms with Crippen LogP contribution in [0.3, 0.4) is 0 Å². The van der Waals surface area contributed by atoms with E-state index in [0.29, 0.717) is 40.2 Å². The Kier molecular flexibility index (Phi) is 9.16. The van der Waals surface area contributed by atoms with Crippen molar-refractivity contribution in [3.05, 3.63) is 90.1 Å². The third-order valence-electron chi connectivity index (χ3n) is 9.63. The number of allylic oxidation sites excluding steroid dienone is 2. The van der Waals surface area contributed by atoms with Gasteiger partial charge in [0.15, 0.2) is 5.78 Å². The van der Waals surface area contributed by atoms with E-state index in [-0.39, 0.29) is 53.1 Å². The molecule has 234 valence electrons. The van der Waals surface area contributed by atoms with Crippen molar-refractivity contribution in [3.63, 3.8) is 0 Å². The topological polar surface area (TPSA) is 126 Å². The third kappa shape index (κ3) is 5.11. The van der Waals surface area contributed by atoms with Crippen LogP contribution in [0.15, 0.2) is 18.0 Å². The molecular weight excluding hydrogens is 593 g/mol. The van der Waals surface area contributed by atoms with E-state index in [4.69, 9.17) is 29.7 Å². The van der Waals surface area contributed by atoms with Crippen LogP contribution in [-0.4, -0.2) is 55.0 Å². The third-order valence-corrected chi connectivity index (χ3v) is 9.63. The number of carbonyl (C=O) groups is 3. The Balaban J connectivity index is 0.00000417. The number of hydrogen-bond donors (Lipinski definition) is 0. The smallest absolute Gasteiger partial charge is 0.664 e. The van der Waals surface area contributed by atoms with Crippen molar-refractivity contribution in [2.24, 2.45) is 17.8 Å². The summed E-state index contributed by atoms with van der Waals surface area (Å²) in [5.41, 5.74) is 9.40. The van der Waals surface area contributed by atoms with Crippen LogP contribution in [0.25, 0.3) is 35.2 Å². The molecule has 0 amide bonds. The minimum atomic E-state index is -1.20. The normalized spacial score (nSPS) is 23.7. The average molecular weight is 629 g/mol. The molecule has 0 radical (unpaired) electrons. The predicted molar refractivity (Wildman–Crippen MR) is 177 cm³/mol. The Hall–Kier alpha value is -4.02. The van der Waals surface area contributed by atoms with Crippen LogP contribution in [0.4, 0.5) is 0 Å². The average Bonchev–Trinajstić information content (AvgIpc) is 3.76. The molecule has 0 unspecified atom stereocenters. The van der Waals surface area contributed by atoms with Gasteiger partial charge >= 0.3 is 35.0 Å². The monoisotopic (exact) mass is 628 g/mol. The molecule has 0 aromatic carbocycles. The number of rotatable bonds is 6. The van der Waals surface area contributed by atoms with E-state index >= 15 is 0 Å². The van der Waals surface area contributed by atoms with Crippen LogP contribution >= 0.6 is 0 Å². The first-order chi connectivity index (χ1) is 21.5. The zero-order chi connectivity index (χ0) is 32.3. The van der Waals surface area contributed by atoms with Crippen LogP contribution in [0.1, 0.15) is 87.6 Å². The first-order valence-electron chi connectivity index (χ1n) is 15.2. The molecule has 3 aromatic heterocycles. The number of nitrogens with zero attached hydrogens (tertiary/aromatic N) is 4. The van der Waals surface area contributed by atoms with Crippen molar-refractivity contribution in [2.45, 2.75) is 53.9 Å². The number of fused-ring (bicyclic) bond motifs is 7. The SMILES string of the molecule is C=Cc1c2[n-]c(c1C)/C=C1\[N-]/C(=C3\c4[n-]c(c(C)c4C(=O)[C@@H]3C(=O)OC)/C=c3\[n-]/c(c(C)c3CC)=C\2)[C@@H](CCC(=O)OC)[C@@H]1C.[Mg+2]. The standard InChI is InChI=1S/C36H37N4O5.Mg/c1-9-20-16(3)23-13-25-18(5)22(11-12-29(41)44-7)33(39-25)31-32(36(43)45-8)35(42)30-19(6)26(40-34(30)31)15-28-21(10-2)17(4)24(38-28)14-27(20)37-23;/h9,13-15,18,22,32H,1,10-12H2,2-8H3,(H-,39,40,42);/q-3;+2/p-1/b24-14-,25-13-,28-15-;/t18-,22-,32+;/m0./s1. The summed E-state index contributed by atoms with van der Waals surface area (Å²) < 4.78 is 10.1. The van der Waals surface area contributed by atoms with Gasteiger partial charge in [-0.25, -0.2) is 0 Å². The Morgan fingerprint density at radius 3 is 2.28 bits per heavy atom. The largest absolute Gasteiger partial charge is 2.00 e. The number of hydrogen-bond acceptors (Lipinski definition) is 5. The van der Waals surface area contributed by atoms with Gasteiger partial charge in [0.2, 0.25) is 0 Å². The fraction of sp³-hybridized carbons (Fsp3) is 0.361. The Morgan fingerprint density at radius 1 is 0.935 bits per heavy atom. The Labute approximate surface area is 284 Å². The quantitative estimate of drug-likeness (QED) is 0.230. The van der Waals surface area contributed by atoms with Crippen molar-refractivity contribution in [1.29, 1.82) is 0 Å². The molecule has 10 heteroatoms. The van der Waals surface area contributed by atoms with Gasteiger partial charge in [0, 0.05) is 12.0 Å². The molecule has 2 aliphatic heterocycles. The maximum Gasteiger partial charge on any atom is 2.00 e. The number of Topliss-reactive ketones (excluding diaryl/α,β-unsaturated/α-hetero) is 1. The second-order valence-corrected chi connectivity index (χ2v) is 11.9. The predicted octanol–water partition coefficient (Wildman–Crippen LogP) is 3.61. The molecule has 3 atom stereocenters. The van der Waals surface area contributed by atoms with E-state index in [0.717, 1.165) is 56.5 Å². The molecule has 5 heterocycles. The molecule has 9 nitrogen and oxygen atoms in total. The summed E-state index contributed by atoms with van der Waals surface area (Å²) in [6, 6.07) is 0. The zero-order valence-electron chi connectivity index (χ0n) is 27.4. The molecule has 3 aromatic rings. The zero-order valence-corrected chi connectivity index (χ0v) is 28.8. The number of ether oxygens (including phenoxy) is 2. The number of ketones is 1. The van der Waals surface area contributed by atoms with Crippen molar-refractivity contribution < 1.29 is 23.9 Å². The summed E-state index contributed by atoms with van der Waals surface area (Å²) in [6.07, 6.45) is 9.00. The van der Waals surface area contributed by atoms with Crippen LogP contribution in [0, 0.1) is 38.5 Å². The minimum Gasteiger partial charge on any atom is -0.664 e. The summed E-state index contributed by atoms with van der Waals surface area (Å²) >= 11 is 0. The molecule has 0 spiro atoms. The van der Waals surface area contributed by atoms with Crippen molar-refractivity contribution >= 4 is 70.7 Å². The number of aromatic nitrogens is 3. The summed E-state index contributed by atoms with van der Waals surface area (Å²) in [4.78, 5) is 54.6. The molecule has 3 aliphatic rings. The summed E-state index contributed by atoms with van der Waals surface area (Å²) in [5, 5.41) is 6.70. The van der Waals surface area contributed by atoms with Crippen LogP contribution in [0.2, 0.25) is 0 Å². The van der Waals surface area contributed by atoms with Gasteiger partial charge in [-0.15, -0.1) is 33.5 Å². The molecule has 0 N–H and O–H groups in total. The van der Waals surface area contributed by atoms with Crippen LogP contribution in [0.5, 0.6) is 0 Å². The van der Waals surface area contributed by atoms with E-state index in [2.05, 4.69) is 20.4 Å². The summed E-state index contributed by atoms with van der Waals surface area (Å²) in [6.45, 7) is 14.1. The number of methoxy groups -OCH3 is 2. The first-order valence-corrected chi connectivity index (χ1v) is 15.2. The first kappa shape index (κ1) is 33.3. The van der Waals surface area contributed by atoms with Gasteiger partial charge in [-0.1, -0.05) is 72.6 Å². The van der Waals surface area contributed by atoms with Crippen molar-refractivity contribution in [2.75, 3.05) is 14.2 Å². The van der Waals surface area contributed by atoms with Gasteiger partial charge in [0.25, 0.3) is 0 Å². The molecule has 0 saturated carbocycles. The fourth-order valence-electron chi connectivity index (χ4n) is 7.02. The minimum absolute atomic E-state index is 0. The Morgan fingerprint density at radius 2 is 1.63 bits per heavy atom. The second-order valence-electron chi connectivity index (χ2n) is 11.9. The van der Waals surface area contributed by atoms with E-state index < -0.39 is 11.9 Å². The van der Waals surface area contributed by atoms with Gasteiger partial charge in [-0.2, -0.15) is 11.4 Å². The fourth-order valence-corrected chi connectivity index (χ4v) is 7.02. The Bertz CT molecular complexity index is 1990. The van der Waals surface area contributed by atoms with Crippen molar-refractivity contribution in [3.8, 4) is 0 Å². The molecule has 46 heavy (non-hydrogen) atoms. The number of esters is 2. The maximum absolute atomic E-state index is 14.0. The van der Waals surface area contributed by atoms with Gasteiger partial charge < -0.3 is 29.7 Å². The van der Waals surface area contributed by atoms with Gasteiger partial charge in [0.1, 0.15) is 5.92 Å². The van der Waals surface area contributed by atoms with Gasteiger partial charge in [0.05, 0.1) is 14.2 Å². The van der Waals surface area contributed by atoms with E-state index in [1.54, 1.807) is 0 Å². The molecule has 1 aliphatic carbocycles. The molecule has 1 saturated heterocycles. The molecule has 8 bridgehead atoms. The van der Waals surface area contributed by atoms with Gasteiger partial charge in [-0.05, 0) is 51.0 Å². The molecular formula is C36H36MgN4O5-2. The van der Waals surface area contributed by atoms with Crippen molar-refractivity contribution in [1.82, 2.24) is 15.0 Å². The molecule has 1 fully saturated rings.